The molecule has 0 saturated carbocycles. The lowest BCUT2D eigenvalue weighted by molar-refractivity contribution is 0.483. The third kappa shape index (κ3) is 8.02. The smallest absolute Gasteiger partial charge is 0.137 e. The zero-order chi connectivity index (χ0) is 54.3. The Morgan fingerprint density at radius 1 is 0.412 bits per heavy atom. The summed E-state index contributed by atoms with van der Waals surface area (Å²) < 4.78 is 9.31. The van der Waals surface area contributed by atoms with Crippen LogP contribution in [0.3, 0.4) is 0 Å². The van der Waals surface area contributed by atoms with E-state index in [1.165, 1.54) is 72.4 Å². The van der Waals surface area contributed by atoms with Crippen LogP contribution in [0.4, 0.5) is 22.7 Å². The van der Waals surface area contributed by atoms with E-state index in [2.05, 4.69) is 305 Å². The van der Waals surface area contributed by atoms with Crippen molar-refractivity contribution in [1.82, 2.24) is 9.55 Å². The number of nitrogens with zero attached hydrogens (tertiary/aromatic N) is 4. The number of benzene rings is 10. The van der Waals surface area contributed by atoms with Crippen LogP contribution in [0.2, 0.25) is 0 Å². The Bertz CT molecular complexity index is 4280. The first kappa shape index (κ1) is 48.9. The van der Waals surface area contributed by atoms with Gasteiger partial charge in [0.25, 0.3) is 0 Å². The van der Waals surface area contributed by atoms with Gasteiger partial charge in [-0.2, -0.15) is 0 Å². The van der Waals surface area contributed by atoms with Gasteiger partial charge >= 0.3 is 0 Å². The predicted molar refractivity (Wildman–Crippen MR) is 333 cm³/mol. The molecule has 1 atom stereocenters. The number of rotatable bonds is 9. The average Bonchev–Trinajstić information content (AvgIpc) is 4.33. The van der Waals surface area contributed by atoms with Crippen molar-refractivity contribution in [3.8, 4) is 50.7 Å². The number of ether oxygens (including phenoxy) is 1. The molecule has 2 aromatic heterocycles. The maximum absolute atomic E-state index is 6.98. The van der Waals surface area contributed by atoms with E-state index in [1.54, 1.807) is 0 Å². The zero-order valence-corrected chi connectivity index (χ0v) is 46.2. The summed E-state index contributed by atoms with van der Waals surface area (Å²) in [4.78, 5) is 10.1. The molecule has 1 aliphatic carbocycles. The van der Waals surface area contributed by atoms with Crippen molar-refractivity contribution < 1.29 is 4.74 Å². The minimum Gasteiger partial charge on any atom is -0.457 e. The average molecular weight is 1040 g/mol. The topological polar surface area (TPSA) is 33.5 Å². The van der Waals surface area contributed by atoms with Crippen LogP contribution in [-0.4, -0.2) is 16.2 Å². The molecule has 10 aromatic carbocycles. The molecule has 1 unspecified atom stereocenters. The van der Waals surface area contributed by atoms with E-state index < -0.39 is 5.41 Å². The van der Waals surface area contributed by atoms with Gasteiger partial charge in [-0.25, -0.2) is 4.98 Å². The highest BCUT2D eigenvalue weighted by Crippen LogP contribution is 2.57. The van der Waals surface area contributed by atoms with Crippen LogP contribution in [0.25, 0.3) is 61.0 Å². The van der Waals surface area contributed by atoms with Gasteiger partial charge in [-0.3, -0.25) is 4.57 Å². The zero-order valence-electron chi connectivity index (χ0n) is 46.2. The van der Waals surface area contributed by atoms with E-state index in [4.69, 9.17) is 9.72 Å². The Morgan fingerprint density at radius 3 is 1.73 bits per heavy atom. The van der Waals surface area contributed by atoms with Crippen LogP contribution in [0.5, 0.6) is 11.5 Å². The first-order valence-corrected chi connectivity index (χ1v) is 28.0. The van der Waals surface area contributed by atoms with Crippen LogP contribution < -0.4 is 14.5 Å². The third-order valence-corrected chi connectivity index (χ3v) is 16.7. The highest BCUT2D eigenvalue weighted by Gasteiger charge is 2.47. The van der Waals surface area contributed by atoms with Crippen molar-refractivity contribution in [2.24, 2.45) is 0 Å². The monoisotopic (exact) mass is 1030 g/mol. The van der Waals surface area contributed by atoms with Gasteiger partial charge in [0, 0.05) is 45.9 Å². The fourth-order valence-electron chi connectivity index (χ4n) is 12.8. The molecule has 5 nitrogen and oxygen atoms in total. The van der Waals surface area contributed by atoms with E-state index in [0.717, 1.165) is 56.2 Å². The first-order valence-electron chi connectivity index (χ1n) is 28.0. The van der Waals surface area contributed by atoms with Gasteiger partial charge in [0.05, 0.1) is 33.5 Å². The Balaban J connectivity index is 0.868. The van der Waals surface area contributed by atoms with Crippen molar-refractivity contribution >= 4 is 44.6 Å². The molecule has 0 amide bonds. The molecular formula is C75H62N4O. The molecule has 3 heterocycles. The summed E-state index contributed by atoms with van der Waals surface area (Å²) >= 11 is 0. The predicted octanol–water partition coefficient (Wildman–Crippen LogP) is 19.5. The fraction of sp³-hybridized carbons (Fsp3) is 0.133. The number of anilines is 4. The second-order valence-corrected chi connectivity index (χ2v) is 23.6. The summed E-state index contributed by atoms with van der Waals surface area (Å²) in [5.41, 5.74) is 20.8. The third-order valence-electron chi connectivity index (χ3n) is 16.7. The lowest BCUT2D eigenvalue weighted by atomic mass is 9.66. The number of pyridine rings is 1. The quantitative estimate of drug-likeness (QED) is 0.144. The molecule has 388 valence electrons. The van der Waals surface area contributed by atoms with Gasteiger partial charge in [-0.15, -0.1) is 0 Å². The van der Waals surface area contributed by atoms with E-state index >= 15 is 0 Å². The van der Waals surface area contributed by atoms with Gasteiger partial charge in [0.1, 0.15) is 24.0 Å². The molecule has 0 saturated heterocycles. The first-order chi connectivity index (χ1) is 38.9. The molecule has 0 spiro atoms. The number of fused-ring (bicyclic) bond motifs is 7. The van der Waals surface area contributed by atoms with Gasteiger partial charge < -0.3 is 14.5 Å². The number of hydrogen-bond donors (Lipinski definition) is 0. The molecule has 14 rings (SSSR count). The van der Waals surface area contributed by atoms with Crippen molar-refractivity contribution in [3.05, 3.63) is 288 Å². The van der Waals surface area contributed by atoms with Gasteiger partial charge in [-0.1, -0.05) is 224 Å². The van der Waals surface area contributed by atoms with Crippen molar-refractivity contribution in [1.29, 1.82) is 0 Å². The van der Waals surface area contributed by atoms with Crippen LogP contribution in [0, 0.1) is 0 Å². The van der Waals surface area contributed by atoms with Crippen molar-refractivity contribution in [2.45, 2.75) is 57.8 Å². The largest absolute Gasteiger partial charge is 0.457 e. The van der Waals surface area contributed by atoms with Crippen LogP contribution in [0.15, 0.2) is 255 Å². The molecule has 0 radical (unpaired) electrons. The lowest BCUT2D eigenvalue weighted by Gasteiger charge is -2.35. The van der Waals surface area contributed by atoms with E-state index in [0.29, 0.717) is 6.67 Å². The normalized spacial score (nSPS) is 14.8. The maximum atomic E-state index is 6.98. The number of hydrogen-bond acceptors (Lipinski definition) is 4. The summed E-state index contributed by atoms with van der Waals surface area (Å²) in [6, 6.07) is 90.8. The standard InChI is InChI=1S/C75H62N4O/c1-73(2,3)52-35-37-53(38-36-52)75(65-31-15-13-27-61(65)62-41-39-54(45-66(62)75)74(4,5)6)55-43-44-76-71(46-55)79-67-32-16-14-28-63(67)64-42-40-58(48-70(64)79)80-57-26-19-25-56(47-57)77-49-78(69-34-18-17-33-68(69)77)72-59(50-21-9-7-10-22-50)29-20-30-60(72)51-23-11-8-12-24-51/h7-48H,49H2,1-6H3. The van der Waals surface area contributed by atoms with Crippen molar-refractivity contribution in [2.75, 3.05) is 16.5 Å². The molecule has 12 aromatic rings. The molecule has 2 aliphatic rings. The summed E-state index contributed by atoms with van der Waals surface area (Å²) in [5, 5.41) is 2.29. The SMILES string of the molecule is CC(C)(C)c1ccc(C2(c3ccnc(-n4c5ccccc5c5ccc(Oc6cccc(N7CN(c8c(-c9ccccc9)cccc8-c8ccccc8)c8ccccc87)c6)cc54)c3)c3ccccc3-c3ccc(C(C)(C)C)cc32)cc1. The summed E-state index contributed by atoms with van der Waals surface area (Å²) in [7, 11) is 0. The molecule has 1 aliphatic heterocycles. The lowest BCUT2D eigenvalue weighted by Crippen LogP contribution is -2.29. The van der Waals surface area contributed by atoms with Crippen LogP contribution >= 0.6 is 0 Å². The summed E-state index contributed by atoms with van der Waals surface area (Å²) in [6.07, 6.45) is 2.01. The Labute approximate surface area is 469 Å². The van der Waals surface area contributed by atoms with Crippen LogP contribution in [-0.2, 0) is 16.2 Å². The van der Waals surface area contributed by atoms with Gasteiger partial charge in [-0.05, 0) is 121 Å². The molecule has 0 bridgehead atoms. The molecule has 0 fully saturated rings. The molecular weight excluding hydrogens is 973 g/mol. The highest BCUT2D eigenvalue weighted by atomic mass is 16.5. The highest BCUT2D eigenvalue weighted by molar-refractivity contribution is 6.09. The van der Waals surface area contributed by atoms with E-state index in [9.17, 15) is 0 Å². The summed E-state index contributed by atoms with van der Waals surface area (Å²) in [6.45, 7) is 14.4. The van der Waals surface area contributed by atoms with E-state index in [1.807, 2.05) is 6.20 Å². The molecule has 0 N–H and O–H groups in total. The minimum absolute atomic E-state index is 0.00835. The second kappa shape index (κ2) is 18.9. The number of aromatic nitrogens is 2. The molecule has 5 heteroatoms. The van der Waals surface area contributed by atoms with E-state index in [-0.39, 0.29) is 10.8 Å². The Hall–Kier alpha value is -9.45. The van der Waals surface area contributed by atoms with Crippen LogP contribution in [0.1, 0.15) is 74.9 Å². The summed E-state index contributed by atoms with van der Waals surface area (Å²) in [5.74, 6) is 2.34. The molecule has 80 heavy (non-hydrogen) atoms. The number of para-hydroxylation sites is 4. The van der Waals surface area contributed by atoms with Gasteiger partial charge in [0.2, 0.25) is 0 Å². The minimum atomic E-state index is -0.623. The second-order valence-electron chi connectivity index (χ2n) is 23.6. The Kier molecular flexibility index (Phi) is 11.5. The maximum Gasteiger partial charge on any atom is 0.137 e. The van der Waals surface area contributed by atoms with Gasteiger partial charge in [0.15, 0.2) is 0 Å². The Morgan fingerprint density at radius 2 is 1.00 bits per heavy atom. The fourth-order valence-corrected chi connectivity index (χ4v) is 12.8. The van der Waals surface area contributed by atoms with Crippen molar-refractivity contribution in [3.63, 3.8) is 0 Å².